The molecule has 16 heavy (non-hydrogen) atoms. The highest BCUT2D eigenvalue weighted by Gasteiger charge is 2.13. The standard InChI is InChI=1S/C12H16FNO2/c1-2-14(12(16)7-4-8-15)11-6-3-5-10(13)9-11/h3,5-6,9,15H,2,4,7-8H2,1H3. The maximum atomic E-state index is 13.0. The summed E-state index contributed by atoms with van der Waals surface area (Å²) in [5.41, 5.74) is 0.561. The fourth-order valence-electron chi connectivity index (χ4n) is 1.51. The zero-order valence-electron chi connectivity index (χ0n) is 9.32. The van der Waals surface area contributed by atoms with Crippen LogP contribution in [0, 0.1) is 5.82 Å². The van der Waals surface area contributed by atoms with E-state index in [2.05, 4.69) is 0 Å². The summed E-state index contributed by atoms with van der Waals surface area (Å²) in [6.45, 7) is 2.32. The van der Waals surface area contributed by atoms with Gasteiger partial charge in [-0.1, -0.05) is 6.07 Å². The Kier molecular flexibility index (Phi) is 4.92. The summed E-state index contributed by atoms with van der Waals surface area (Å²) in [4.78, 5) is 13.2. The maximum Gasteiger partial charge on any atom is 0.227 e. The zero-order valence-corrected chi connectivity index (χ0v) is 9.32. The van der Waals surface area contributed by atoms with Crippen molar-refractivity contribution >= 4 is 11.6 Å². The molecule has 0 bridgehead atoms. The predicted molar refractivity (Wildman–Crippen MR) is 60.7 cm³/mol. The van der Waals surface area contributed by atoms with Crippen molar-refractivity contribution < 1.29 is 14.3 Å². The second kappa shape index (κ2) is 6.23. The second-order valence-electron chi connectivity index (χ2n) is 3.45. The van der Waals surface area contributed by atoms with E-state index in [1.54, 1.807) is 12.1 Å². The van der Waals surface area contributed by atoms with Crippen LogP contribution in [0.15, 0.2) is 24.3 Å². The van der Waals surface area contributed by atoms with Crippen LogP contribution in [0.4, 0.5) is 10.1 Å². The molecule has 3 nitrogen and oxygen atoms in total. The molecule has 1 N–H and O–H groups in total. The molecular formula is C12H16FNO2. The van der Waals surface area contributed by atoms with Crippen molar-refractivity contribution in [1.82, 2.24) is 0 Å². The zero-order chi connectivity index (χ0) is 12.0. The molecule has 1 aromatic carbocycles. The van der Waals surface area contributed by atoms with Crippen LogP contribution in [0.5, 0.6) is 0 Å². The number of amides is 1. The van der Waals surface area contributed by atoms with Crippen LogP contribution < -0.4 is 4.90 Å². The van der Waals surface area contributed by atoms with E-state index in [9.17, 15) is 9.18 Å². The monoisotopic (exact) mass is 225 g/mol. The molecule has 0 aliphatic carbocycles. The molecule has 0 saturated carbocycles. The third kappa shape index (κ3) is 3.31. The Labute approximate surface area is 94.5 Å². The maximum absolute atomic E-state index is 13.0. The van der Waals surface area contributed by atoms with Gasteiger partial charge in [0.05, 0.1) is 0 Å². The number of carbonyl (C=O) groups is 1. The average molecular weight is 225 g/mol. The summed E-state index contributed by atoms with van der Waals surface area (Å²) in [5, 5.41) is 8.65. The van der Waals surface area contributed by atoms with E-state index in [1.807, 2.05) is 6.92 Å². The molecule has 1 amide bonds. The number of aliphatic hydroxyl groups is 1. The van der Waals surface area contributed by atoms with Crippen molar-refractivity contribution in [3.8, 4) is 0 Å². The van der Waals surface area contributed by atoms with Crippen LogP contribution in [0.25, 0.3) is 0 Å². The van der Waals surface area contributed by atoms with Gasteiger partial charge in [-0.3, -0.25) is 4.79 Å². The van der Waals surface area contributed by atoms with E-state index in [4.69, 9.17) is 5.11 Å². The summed E-state index contributed by atoms with van der Waals surface area (Å²) >= 11 is 0. The Balaban J connectivity index is 2.77. The number of rotatable bonds is 5. The number of anilines is 1. The van der Waals surface area contributed by atoms with E-state index >= 15 is 0 Å². The molecule has 0 radical (unpaired) electrons. The SMILES string of the molecule is CCN(C(=O)CCCO)c1cccc(F)c1. The van der Waals surface area contributed by atoms with E-state index in [-0.39, 0.29) is 24.8 Å². The number of hydrogen-bond donors (Lipinski definition) is 1. The smallest absolute Gasteiger partial charge is 0.227 e. The Hall–Kier alpha value is -1.42. The van der Waals surface area contributed by atoms with E-state index in [0.29, 0.717) is 18.7 Å². The minimum atomic E-state index is -0.356. The number of hydrogen-bond acceptors (Lipinski definition) is 2. The number of nitrogens with zero attached hydrogens (tertiary/aromatic N) is 1. The fraction of sp³-hybridized carbons (Fsp3) is 0.417. The van der Waals surface area contributed by atoms with Crippen molar-refractivity contribution in [2.45, 2.75) is 19.8 Å². The van der Waals surface area contributed by atoms with Crippen LogP contribution in [0.3, 0.4) is 0 Å². The van der Waals surface area contributed by atoms with Gasteiger partial charge in [-0.2, -0.15) is 0 Å². The lowest BCUT2D eigenvalue weighted by Crippen LogP contribution is -2.30. The van der Waals surface area contributed by atoms with Crippen LogP contribution >= 0.6 is 0 Å². The molecule has 1 aromatic rings. The lowest BCUT2D eigenvalue weighted by molar-refractivity contribution is -0.118. The molecule has 1 rings (SSSR count). The van der Waals surface area contributed by atoms with Crippen molar-refractivity contribution in [3.63, 3.8) is 0 Å². The first-order valence-electron chi connectivity index (χ1n) is 5.35. The Morgan fingerprint density at radius 2 is 2.25 bits per heavy atom. The van der Waals surface area contributed by atoms with Gasteiger partial charge in [-0.05, 0) is 31.5 Å². The average Bonchev–Trinajstić information content (AvgIpc) is 2.27. The normalized spacial score (nSPS) is 10.2. The molecule has 4 heteroatoms. The number of carbonyl (C=O) groups excluding carboxylic acids is 1. The summed E-state index contributed by atoms with van der Waals surface area (Å²) in [6, 6.07) is 5.95. The molecule has 0 unspecified atom stereocenters. The molecule has 0 aliphatic heterocycles. The van der Waals surface area contributed by atoms with Crippen molar-refractivity contribution in [3.05, 3.63) is 30.1 Å². The first kappa shape index (κ1) is 12.6. The number of benzene rings is 1. The van der Waals surface area contributed by atoms with E-state index in [1.165, 1.54) is 17.0 Å². The lowest BCUT2D eigenvalue weighted by atomic mass is 10.2. The number of aliphatic hydroxyl groups excluding tert-OH is 1. The minimum Gasteiger partial charge on any atom is -0.396 e. The van der Waals surface area contributed by atoms with Gasteiger partial charge in [0.1, 0.15) is 5.82 Å². The molecule has 0 spiro atoms. The first-order chi connectivity index (χ1) is 7.69. The highest BCUT2D eigenvalue weighted by molar-refractivity contribution is 5.93. The van der Waals surface area contributed by atoms with Gasteiger partial charge in [0.2, 0.25) is 5.91 Å². The van der Waals surface area contributed by atoms with Crippen molar-refractivity contribution in [2.24, 2.45) is 0 Å². The van der Waals surface area contributed by atoms with Gasteiger partial charge in [0, 0.05) is 25.3 Å². The topological polar surface area (TPSA) is 40.5 Å². The summed E-state index contributed by atoms with van der Waals surface area (Å²) in [5.74, 6) is -0.451. The Bertz CT molecular complexity index is 355. The van der Waals surface area contributed by atoms with Gasteiger partial charge in [0.15, 0.2) is 0 Å². The Morgan fingerprint density at radius 3 is 2.81 bits per heavy atom. The molecule has 0 atom stereocenters. The quantitative estimate of drug-likeness (QED) is 0.832. The third-order valence-electron chi connectivity index (χ3n) is 2.29. The van der Waals surface area contributed by atoms with E-state index in [0.717, 1.165) is 0 Å². The summed E-state index contributed by atoms with van der Waals surface area (Å²) in [7, 11) is 0. The van der Waals surface area contributed by atoms with Crippen LogP contribution in [-0.4, -0.2) is 24.2 Å². The Morgan fingerprint density at radius 1 is 1.50 bits per heavy atom. The molecule has 0 aromatic heterocycles. The lowest BCUT2D eigenvalue weighted by Gasteiger charge is -2.20. The van der Waals surface area contributed by atoms with Gasteiger partial charge >= 0.3 is 0 Å². The third-order valence-corrected chi connectivity index (χ3v) is 2.29. The minimum absolute atomic E-state index is 0.00749. The molecule has 0 aliphatic rings. The van der Waals surface area contributed by atoms with Gasteiger partial charge in [-0.25, -0.2) is 4.39 Å². The first-order valence-corrected chi connectivity index (χ1v) is 5.35. The molecular weight excluding hydrogens is 209 g/mol. The largest absolute Gasteiger partial charge is 0.396 e. The van der Waals surface area contributed by atoms with Gasteiger partial charge in [-0.15, -0.1) is 0 Å². The van der Waals surface area contributed by atoms with Crippen LogP contribution in [0.1, 0.15) is 19.8 Å². The van der Waals surface area contributed by atoms with E-state index < -0.39 is 0 Å². The fourth-order valence-corrected chi connectivity index (χ4v) is 1.51. The molecule has 0 saturated heterocycles. The predicted octanol–water partition coefficient (Wildman–Crippen LogP) is 1.95. The van der Waals surface area contributed by atoms with Gasteiger partial charge < -0.3 is 10.0 Å². The highest BCUT2D eigenvalue weighted by Crippen LogP contribution is 2.16. The highest BCUT2D eigenvalue weighted by atomic mass is 19.1. The van der Waals surface area contributed by atoms with Gasteiger partial charge in [0.25, 0.3) is 0 Å². The summed E-state index contributed by atoms with van der Waals surface area (Å²) in [6.07, 6.45) is 0.714. The molecule has 0 fully saturated rings. The van der Waals surface area contributed by atoms with Crippen molar-refractivity contribution in [1.29, 1.82) is 0 Å². The second-order valence-corrected chi connectivity index (χ2v) is 3.45. The molecule has 0 heterocycles. The number of halogens is 1. The summed E-state index contributed by atoms with van der Waals surface area (Å²) < 4.78 is 13.0. The van der Waals surface area contributed by atoms with Crippen molar-refractivity contribution in [2.75, 3.05) is 18.1 Å². The van der Waals surface area contributed by atoms with Crippen LogP contribution in [-0.2, 0) is 4.79 Å². The molecule has 88 valence electrons. The van der Waals surface area contributed by atoms with Crippen LogP contribution in [0.2, 0.25) is 0 Å².